The van der Waals surface area contributed by atoms with Gasteiger partial charge in [-0.05, 0) is 33.2 Å². The summed E-state index contributed by atoms with van der Waals surface area (Å²) in [5.41, 5.74) is 7.97. The molecule has 50 valence electrons. The molecule has 0 atom stereocenters. The lowest BCUT2D eigenvalue weighted by atomic mass is 10.7. The lowest BCUT2D eigenvalue weighted by Crippen LogP contribution is -1.79. The molecule has 0 N–H and O–H groups in total. The van der Waals surface area contributed by atoms with Crippen LogP contribution in [-0.4, -0.2) is 9.97 Å². The van der Waals surface area contributed by atoms with Gasteiger partial charge in [0, 0.05) is 20.9 Å². The first-order valence-electron chi connectivity index (χ1n) is 2.35. The maximum atomic E-state index is 7.97. The smallest absolute Gasteiger partial charge is 0.216 e. The fourth-order valence-electron chi connectivity index (χ4n) is 0.397. The Balaban J connectivity index is 3.00. The summed E-state index contributed by atoms with van der Waals surface area (Å²) in [6.07, 6.45) is 3.16. The van der Waals surface area contributed by atoms with Crippen molar-refractivity contribution in [2.75, 3.05) is 0 Å². The molecule has 1 rings (SSSR count). The normalized spacial score (nSPS) is 8.50. The molecule has 0 amide bonds. The predicted octanol–water partition coefficient (Wildman–Crippen LogP) is 2.02. The number of hydrogen-bond acceptors (Lipinski definition) is 3. The van der Waals surface area contributed by atoms with Crippen molar-refractivity contribution >= 4 is 28.5 Å². The Hall–Kier alpha value is -0.880. The van der Waals surface area contributed by atoms with E-state index in [9.17, 15) is 0 Å². The van der Waals surface area contributed by atoms with Crippen LogP contribution in [0.5, 0.6) is 0 Å². The second kappa shape index (κ2) is 3.33. The van der Waals surface area contributed by atoms with Gasteiger partial charge in [0.15, 0.2) is 0 Å². The predicted molar refractivity (Wildman–Crippen MR) is 43.6 cm³/mol. The number of aromatic nitrogens is 2. The first-order chi connectivity index (χ1) is 4.83. The van der Waals surface area contributed by atoms with Crippen LogP contribution in [0.4, 0.5) is 5.95 Å². The van der Waals surface area contributed by atoms with Crippen molar-refractivity contribution in [1.82, 2.24) is 9.97 Å². The number of rotatable bonds is 1. The molecule has 0 unspecified atom stereocenters. The summed E-state index contributed by atoms with van der Waals surface area (Å²) >= 11 is 2.07. The summed E-state index contributed by atoms with van der Waals surface area (Å²) in [6.45, 7) is 0. The Bertz CT molecular complexity index is 261. The summed E-state index contributed by atoms with van der Waals surface area (Å²) in [5, 5.41) is 3.20. The first-order valence-corrected chi connectivity index (χ1v) is 3.43. The molecular formula is C4H2IN5. The molecule has 0 radical (unpaired) electrons. The van der Waals surface area contributed by atoms with Gasteiger partial charge in [-0.25, -0.2) is 9.97 Å². The molecule has 1 heterocycles. The third-order valence-corrected chi connectivity index (χ3v) is 1.30. The molecule has 0 spiro atoms. The van der Waals surface area contributed by atoms with E-state index in [0.717, 1.165) is 3.57 Å². The van der Waals surface area contributed by atoms with E-state index in [2.05, 4.69) is 42.6 Å². The highest BCUT2D eigenvalue weighted by Crippen LogP contribution is 2.04. The SMILES string of the molecule is [N-]=[N+]=Nc1ncc(I)cn1. The zero-order valence-corrected chi connectivity index (χ0v) is 6.93. The van der Waals surface area contributed by atoms with Crippen molar-refractivity contribution in [3.63, 3.8) is 0 Å². The lowest BCUT2D eigenvalue weighted by molar-refractivity contribution is 1.11. The lowest BCUT2D eigenvalue weighted by Gasteiger charge is -1.87. The van der Waals surface area contributed by atoms with Crippen LogP contribution in [0.15, 0.2) is 17.5 Å². The highest BCUT2D eigenvalue weighted by Gasteiger charge is 1.88. The maximum Gasteiger partial charge on any atom is 0.216 e. The van der Waals surface area contributed by atoms with E-state index in [1.807, 2.05) is 0 Å². The number of azide groups is 1. The van der Waals surface area contributed by atoms with Crippen LogP contribution in [0.3, 0.4) is 0 Å². The second-order valence-electron chi connectivity index (χ2n) is 1.39. The van der Waals surface area contributed by atoms with Crippen LogP contribution in [0.1, 0.15) is 0 Å². The van der Waals surface area contributed by atoms with Crippen molar-refractivity contribution in [1.29, 1.82) is 0 Å². The summed E-state index contributed by atoms with van der Waals surface area (Å²) in [4.78, 5) is 9.99. The van der Waals surface area contributed by atoms with Gasteiger partial charge in [0.2, 0.25) is 5.95 Å². The third kappa shape index (κ3) is 1.82. The number of nitrogens with zero attached hydrogens (tertiary/aromatic N) is 5. The maximum absolute atomic E-state index is 7.97. The molecule has 10 heavy (non-hydrogen) atoms. The highest BCUT2D eigenvalue weighted by molar-refractivity contribution is 14.1. The third-order valence-electron chi connectivity index (χ3n) is 0.741. The molecule has 0 bridgehead atoms. The van der Waals surface area contributed by atoms with Gasteiger partial charge in [0.25, 0.3) is 0 Å². The molecule has 0 saturated heterocycles. The summed E-state index contributed by atoms with van der Waals surface area (Å²) in [6, 6.07) is 0. The van der Waals surface area contributed by atoms with Gasteiger partial charge in [0.05, 0.1) is 0 Å². The molecule has 1 aromatic heterocycles. The second-order valence-corrected chi connectivity index (χ2v) is 2.64. The van der Waals surface area contributed by atoms with E-state index >= 15 is 0 Å². The molecule has 6 heteroatoms. The van der Waals surface area contributed by atoms with E-state index in [4.69, 9.17) is 5.53 Å². The molecule has 1 aromatic rings. The molecule has 5 nitrogen and oxygen atoms in total. The minimum absolute atomic E-state index is 0.155. The summed E-state index contributed by atoms with van der Waals surface area (Å²) < 4.78 is 0.912. The standard InChI is InChI=1S/C4H2IN5/c5-3-1-7-4(8-2-3)9-10-6/h1-2H. The zero-order chi connectivity index (χ0) is 7.40. The first kappa shape index (κ1) is 7.23. The fraction of sp³-hybridized carbons (Fsp3) is 0. The van der Waals surface area contributed by atoms with Crippen molar-refractivity contribution in [2.45, 2.75) is 0 Å². The van der Waals surface area contributed by atoms with Gasteiger partial charge in [0.1, 0.15) is 0 Å². The summed E-state index contributed by atoms with van der Waals surface area (Å²) in [7, 11) is 0. The fourth-order valence-corrected chi connectivity index (χ4v) is 0.676. The van der Waals surface area contributed by atoms with Crippen LogP contribution < -0.4 is 0 Å². The van der Waals surface area contributed by atoms with Gasteiger partial charge < -0.3 is 0 Å². The molecule has 0 aliphatic heterocycles. The van der Waals surface area contributed by atoms with Crippen molar-refractivity contribution in [2.24, 2.45) is 5.11 Å². The quantitative estimate of drug-likeness (QED) is 0.329. The number of hydrogen-bond donors (Lipinski definition) is 0. The van der Waals surface area contributed by atoms with Crippen molar-refractivity contribution < 1.29 is 0 Å². The molecule has 0 aliphatic carbocycles. The van der Waals surface area contributed by atoms with Crippen LogP contribution in [-0.2, 0) is 0 Å². The topological polar surface area (TPSA) is 74.5 Å². The largest absolute Gasteiger partial charge is 0.234 e. The van der Waals surface area contributed by atoms with Crippen LogP contribution in [0, 0.1) is 3.57 Å². The van der Waals surface area contributed by atoms with Crippen molar-refractivity contribution in [3.8, 4) is 0 Å². The van der Waals surface area contributed by atoms with Gasteiger partial charge in [-0.1, -0.05) is 0 Å². The summed E-state index contributed by atoms with van der Waals surface area (Å²) in [5.74, 6) is 0.155. The molecule has 0 aromatic carbocycles. The van der Waals surface area contributed by atoms with Gasteiger partial charge in [-0.15, -0.1) is 0 Å². The van der Waals surface area contributed by atoms with Crippen LogP contribution in [0.2, 0.25) is 0 Å². The average Bonchev–Trinajstić information content (AvgIpc) is 1.95. The Kier molecular flexibility index (Phi) is 2.41. The molecule has 0 saturated carbocycles. The average molecular weight is 247 g/mol. The van der Waals surface area contributed by atoms with Gasteiger partial charge in [-0.3, -0.25) is 0 Å². The Morgan fingerprint density at radius 1 is 1.50 bits per heavy atom. The van der Waals surface area contributed by atoms with E-state index in [1.165, 1.54) is 0 Å². The van der Waals surface area contributed by atoms with Crippen LogP contribution >= 0.6 is 22.6 Å². The van der Waals surface area contributed by atoms with E-state index in [0.29, 0.717) is 0 Å². The molecule has 0 fully saturated rings. The molecule has 0 aliphatic rings. The van der Waals surface area contributed by atoms with E-state index in [1.54, 1.807) is 12.4 Å². The van der Waals surface area contributed by atoms with E-state index < -0.39 is 0 Å². The van der Waals surface area contributed by atoms with Crippen LogP contribution in [0.25, 0.3) is 10.4 Å². The van der Waals surface area contributed by atoms with Gasteiger partial charge >= 0.3 is 0 Å². The molecular weight excluding hydrogens is 245 g/mol. The number of halogens is 1. The highest BCUT2D eigenvalue weighted by atomic mass is 127. The van der Waals surface area contributed by atoms with Crippen molar-refractivity contribution in [3.05, 3.63) is 26.4 Å². The Morgan fingerprint density at radius 3 is 2.60 bits per heavy atom. The Labute approximate surface area is 70.3 Å². The Morgan fingerprint density at radius 2 is 2.10 bits per heavy atom. The van der Waals surface area contributed by atoms with E-state index in [-0.39, 0.29) is 5.95 Å². The zero-order valence-electron chi connectivity index (χ0n) is 4.77. The van der Waals surface area contributed by atoms with Gasteiger partial charge in [-0.2, -0.15) is 0 Å². The minimum atomic E-state index is 0.155. The minimum Gasteiger partial charge on any atom is -0.234 e. The monoisotopic (exact) mass is 247 g/mol.